The Balaban J connectivity index is 2.24. The van der Waals surface area contributed by atoms with Gasteiger partial charge in [0.05, 0.1) is 24.5 Å². The third-order valence-electron chi connectivity index (χ3n) is 3.57. The van der Waals surface area contributed by atoms with E-state index in [-0.39, 0.29) is 17.8 Å². The van der Waals surface area contributed by atoms with Crippen LogP contribution in [0.5, 0.6) is 0 Å². The molecule has 1 fully saturated rings. The largest absolute Gasteiger partial charge is 0.416 e. The van der Waals surface area contributed by atoms with Gasteiger partial charge in [0, 0.05) is 19.6 Å². The molecule has 0 amide bonds. The highest BCUT2D eigenvalue weighted by molar-refractivity contribution is 6.45. The molecule has 0 spiro atoms. The van der Waals surface area contributed by atoms with Gasteiger partial charge in [0.15, 0.2) is 5.84 Å². The first-order chi connectivity index (χ1) is 11.8. The number of nitrogens with one attached hydrogen (secondary N) is 2. The molecule has 0 aliphatic carbocycles. The third kappa shape index (κ3) is 5.17. The summed E-state index contributed by atoms with van der Waals surface area (Å²) in [4.78, 5) is 1.89. The molecule has 0 saturated carbocycles. The Bertz CT molecular complexity index is 704. The number of hydrazone groups is 1. The normalized spacial score (nSPS) is 16.3. The molecule has 10 heteroatoms. The minimum atomic E-state index is -4.53. The molecule has 0 atom stereocenters. The molecular weight excluding hydrogens is 337 g/mol. The molecule has 1 heterocycles. The van der Waals surface area contributed by atoms with Gasteiger partial charge in [-0.2, -0.15) is 23.5 Å². The number of rotatable bonds is 5. The molecule has 0 aromatic heterocycles. The van der Waals surface area contributed by atoms with Crippen molar-refractivity contribution in [3.63, 3.8) is 0 Å². The summed E-state index contributed by atoms with van der Waals surface area (Å²) >= 11 is 0. The number of halogens is 3. The summed E-state index contributed by atoms with van der Waals surface area (Å²) in [5, 5.41) is 19.4. The van der Waals surface area contributed by atoms with Gasteiger partial charge in [0.1, 0.15) is 6.07 Å². The van der Waals surface area contributed by atoms with E-state index in [9.17, 15) is 13.2 Å². The van der Waals surface area contributed by atoms with Gasteiger partial charge in [-0.1, -0.05) is 6.07 Å². The van der Waals surface area contributed by atoms with Crippen molar-refractivity contribution < 1.29 is 17.9 Å². The van der Waals surface area contributed by atoms with Crippen molar-refractivity contribution in [1.29, 1.82) is 10.7 Å². The standard InChI is InChI=1S/C15H17F3N6O/c16-15(17,18)12-7-11(22-23-13(8-19)14(20)21)2-1-10(12)9-24-3-5-25-6-4-24/h1-2,7,22H,3-6,9H2,(H3,20,21)/b23-13+. The summed E-state index contributed by atoms with van der Waals surface area (Å²) in [5.41, 5.74) is 6.47. The van der Waals surface area contributed by atoms with E-state index in [0.29, 0.717) is 26.3 Å². The van der Waals surface area contributed by atoms with Gasteiger partial charge in [0.2, 0.25) is 5.71 Å². The van der Waals surface area contributed by atoms with Gasteiger partial charge in [-0.3, -0.25) is 15.7 Å². The Kier molecular flexibility index (Phi) is 5.95. The number of nitriles is 1. The summed E-state index contributed by atoms with van der Waals surface area (Å²) < 4.78 is 45.3. The van der Waals surface area contributed by atoms with Crippen LogP contribution in [0.15, 0.2) is 23.3 Å². The highest BCUT2D eigenvalue weighted by Crippen LogP contribution is 2.34. The van der Waals surface area contributed by atoms with E-state index >= 15 is 0 Å². The molecule has 7 nitrogen and oxygen atoms in total. The van der Waals surface area contributed by atoms with E-state index in [1.807, 2.05) is 4.90 Å². The van der Waals surface area contributed by atoms with Gasteiger partial charge >= 0.3 is 6.18 Å². The predicted octanol–water partition coefficient (Wildman–Crippen LogP) is 1.77. The highest BCUT2D eigenvalue weighted by atomic mass is 19.4. The molecule has 0 bridgehead atoms. The first-order valence-electron chi connectivity index (χ1n) is 7.39. The van der Waals surface area contributed by atoms with Crippen molar-refractivity contribution in [2.45, 2.75) is 12.7 Å². The monoisotopic (exact) mass is 354 g/mol. The molecule has 2 rings (SSSR count). The maximum atomic E-state index is 13.4. The van der Waals surface area contributed by atoms with E-state index in [4.69, 9.17) is 21.1 Å². The van der Waals surface area contributed by atoms with Crippen LogP contribution in [0.4, 0.5) is 18.9 Å². The van der Waals surface area contributed by atoms with Crippen LogP contribution in [0.1, 0.15) is 11.1 Å². The fraction of sp³-hybridized carbons (Fsp3) is 0.400. The molecule has 1 aromatic carbocycles. The Hall–Kier alpha value is -2.64. The lowest BCUT2D eigenvalue weighted by Gasteiger charge is -2.27. The van der Waals surface area contributed by atoms with Crippen molar-refractivity contribution in [1.82, 2.24) is 4.90 Å². The van der Waals surface area contributed by atoms with E-state index in [2.05, 4.69) is 10.5 Å². The van der Waals surface area contributed by atoms with Crippen LogP contribution in [0.2, 0.25) is 0 Å². The van der Waals surface area contributed by atoms with Gasteiger partial charge in [-0.05, 0) is 17.7 Å². The van der Waals surface area contributed by atoms with E-state index < -0.39 is 23.3 Å². The number of ether oxygens (including phenoxy) is 1. The van der Waals surface area contributed by atoms with E-state index in [1.54, 1.807) is 6.07 Å². The Morgan fingerprint density at radius 2 is 2.08 bits per heavy atom. The summed E-state index contributed by atoms with van der Waals surface area (Å²) in [6.07, 6.45) is -4.53. The average molecular weight is 354 g/mol. The van der Waals surface area contributed by atoms with Crippen molar-refractivity contribution in [3.8, 4) is 6.07 Å². The molecule has 134 valence electrons. The lowest BCUT2D eigenvalue weighted by molar-refractivity contribution is -0.138. The van der Waals surface area contributed by atoms with Gasteiger partial charge in [0.25, 0.3) is 0 Å². The number of nitrogens with zero attached hydrogens (tertiary/aromatic N) is 3. The maximum absolute atomic E-state index is 13.4. The molecule has 1 aliphatic heterocycles. The van der Waals surface area contributed by atoms with Crippen molar-refractivity contribution in [2.75, 3.05) is 31.7 Å². The second-order valence-corrected chi connectivity index (χ2v) is 5.36. The molecule has 0 unspecified atom stereocenters. The zero-order chi connectivity index (χ0) is 18.4. The summed E-state index contributed by atoms with van der Waals surface area (Å²) in [6.45, 7) is 2.31. The topological polar surface area (TPSA) is 111 Å². The smallest absolute Gasteiger partial charge is 0.382 e. The number of nitrogens with two attached hydrogens (primary N) is 1. The number of amidine groups is 1. The molecule has 1 saturated heterocycles. The Labute approximate surface area is 142 Å². The lowest BCUT2D eigenvalue weighted by atomic mass is 10.1. The molecular formula is C15H17F3N6O. The quantitative estimate of drug-likeness (QED) is 0.424. The molecule has 4 N–H and O–H groups in total. The molecule has 25 heavy (non-hydrogen) atoms. The molecule has 0 radical (unpaired) electrons. The summed E-state index contributed by atoms with van der Waals surface area (Å²) in [7, 11) is 0. The average Bonchev–Trinajstić information content (AvgIpc) is 2.56. The van der Waals surface area contributed by atoms with Crippen molar-refractivity contribution in [3.05, 3.63) is 29.3 Å². The highest BCUT2D eigenvalue weighted by Gasteiger charge is 2.34. The zero-order valence-electron chi connectivity index (χ0n) is 13.2. The van der Waals surface area contributed by atoms with Gasteiger partial charge in [-0.25, -0.2) is 0 Å². The minimum absolute atomic E-state index is 0.0482. The first-order valence-corrected chi connectivity index (χ1v) is 7.39. The van der Waals surface area contributed by atoms with Crippen molar-refractivity contribution in [2.24, 2.45) is 10.8 Å². The SMILES string of the molecule is N#C/C(=N\Nc1ccc(CN2CCOCC2)c(C(F)(F)F)c1)C(=N)N. The number of morpholine rings is 1. The fourth-order valence-electron chi connectivity index (χ4n) is 2.31. The Morgan fingerprint density at radius 3 is 2.64 bits per heavy atom. The molecule has 1 aromatic rings. The first kappa shape index (κ1) is 18.7. The third-order valence-corrected chi connectivity index (χ3v) is 3.57. The van der Waals surface area contributed by atoms with Crippen LogP contribution >= 0.6 is 0 Å². The van der Waals surface area contributed by atoms with Crippen LogP contribution in [0, 0.1) is 16.7 Å². The van der Waals surface area contributed by atoms with E-state index in [0.717, 1.165) is 6.07 Å². The second-order valence-electron chi connectivity index (χ2n) is 5.36. The molecule has 1 aliphatic rings. The summed E-state index contributed by atoms with van der Waals surface area (Å²) in [5.74, 6) is -0.574. The second kappa shape index (κ2) is 7.96. The van der Waals surface area contributed by atoms with Crippen LogP contribution in [-0.2, 0) is 17.5 Å². The number of alkyl halides is 3. The minimum Gasteiger partial charge on any atom is -0.382 e. The predicted molar refractivity (Wildman–Crippen MR) is 86.1 cm³/mol. The number of benzene rings is 1. The van der Waals surface area contributed by atoms with Crippen molar-refractivity contribution >= 4 is 17.2 Å². The Morgan fingerprint density at radius 1 is 1.40 bits per heavy atom. The van der Waals surface area contributed by atoms with E-state index in [1.165, 1.54) is 12.1 Å². The zero-order valence-corrected chi connectivity index (χ0v) is 13.2. The number of hydrogen-bond donors (Lipinski definition) is 3. The van der Waals surface area contributed by atoms with Crippen LogP contribution in [-0.4, -0.2) is 42.8 Å². The number of anilines is 1. The van der Waals surface area contributed by atoms with Crippen LogP contribution in [0.25, 0.3) is 0 Å². The van der Waals surface area contributed by atoms with Crippen LogP contribution in [0.3, 0.4) is 0 Å². The number of hydrogen-bond acceptors (Lipinski definition) is 6. The lowest BCUT2D eigenvalue weighted by Crippen LogP contribution is -2.36. The summed E-state index contributed by atoms with van der Waals surface area (Å²) in [6, 6.07) is 5.31. The fourth-order valence-corrected chi connectivity index (χ4v) is 2.31. The van der Waals surface area contributed by atoms with Gasteiger partial charge in [-0.15, -0.1) is 0 Å². The maximum Gasteiger partial charge on any atom is 0.416 e. The van der Waals surface area contributed by atoms with Crippen LogP contribution < -0.4 is 11.2 Å². The van der Waals surface area contributed by atoms with Gasteiger partial charge < -0.3 is 10.5 Å².